The van der Waals surface area contributed by atoms with Crippen LogP contribution in [-0.2, 0) is 9.59 Å². The Morgan fingerprint density at radius 3 is 2.33 bits per heavy atom. The van der Waals surface area contributed by atoms with E-state index in [0.29, 0.717) is 29.2 Å². The average Bonchev–Trinajstić information content (AvgIpc) is 2.44. The van der Waals surface area contributed by atoms with E-state index in [1.807, 2.05) is 13.8 Å². The summed E-state index contributed by atoms with van der Waals surface area (Å²) in [7, 11) is 0. The molecule has 0 fully saturated rings. The lowest BCUT2D eigenvalue weighted by Crippen LogP contribution is -2.41. The van der Waals surface area contributed by atoms with Crippen molar-refractivity contribution in [2.75, 3.05) is 17.2 Å². The third-order valence-electron chi connectivity index (χ3n) is 3.76. The average molecular weight is 312 g/mol. The van der Waals surface area contributed by atoms with Gasteiger partial charge in [0.1, 0.15) is 0 Å². The Morgan fingerprint density at radius 1 is 1.24 bits per heavy atom. The van der Waals surface area contributed by atoms with E-state index in [0.717, 1.165) is 0 Å². The minimum Gasteiger partial charge on any atom is -0.329 e. The van der Waals surface area contributed by atoms with Gasteiger partial charge in [-0.25, -0.2) is 0 Å². The molecule has 0 atom stereocenters. The van der Waals surface area contributed by atoms with Gasteiger partial charge in [0.25, 0.3) is 0 Å². The number of carbonyl (C=O) groups is 2. The van der Waals surface area contributed by atoms with Crippen LogP contribution in [0.3, 0.4) is 0 Å². The molecular formula is C15H22ClN3O2. The summed E-state index contributed by atoms with van der Waals surface area (Å²) < 4.78 is 0. The van der Waals surface area contributed by atoms with E-state index in [1.54, 1.807) is 18.2 Å². The Hall–Kier alpha value is -1.59. The number of halogens is 1. The summed E-state index contributed by atoms with van der Waals surface area (Å²) in [5.41, 5.74) is 6.23. The fraction of sp³-hybridized carbons (Fsp3) is 0.467. The first-order chi connectivity index (χ1) is 9.88. The molecule has 0 spiro atoms. The van der Waals surface area contributed by atoms with E-state index in [4.69, 9.17) is 17.3 Å². The van der Waals surface area contributed by atoms with Crippen molar-refractivity contribution in [3.05, 3.63) is 23.2 Å². The number of rotatable bonds is 6. The van der Waals surface area contributed by atoms with Gasteiger partial charge in [0.15, 0.2) is 0 Å². The summed E-state index contributed by atoms with van der Waals surface area (Å²) in [4.78, 5) is 23.6. The van der Waals surface area contributed by atoms with Crippen LogP contribution in [0.25, 0.3) is 0 Å². The summed E-state index contributed by atoms with van der Waals surface area (Å²) in [6, 6.07) is 4.96. The van der Waals surface area contributed by atoms with Crippen LogP contribution >= 0.6 is 11.6 Å². The molecule has 1 aromatic rings. The van der Waals surface area contributed by atoms with Gasteiger partial charge in [0.2, 0.25) is 11.8 Å². The molecule has 116 valence electrons. The minimum atomic E-state index is -0.576. The Morgan fingerprint density at radius 2 is 1.86 bits per heavy atom. The number of anilines is 2. The zero-order valence-electron chi connectivity index (χ0n) is 12.6. The lowest BCUT2D eigenvalue weighted by Gasteiger charge is -2.28. The van der Waals surface area contributed by atoms with Crippen LogP contribution in [0.5, 0.6) is 0 Å². The van der Waals surface area contributed by atoms with Gasteiger partial charge >= 0.3 is 0 Å². The highest BCUT2D eigenvalue weighted by molar-refractivity contribution is 6.33. The Labute approximate surface area is 130 Å². The molecule has 0 aliphatic rings. The van der Waals surface area contributed by atoms with Gasteiger partial charge in [-0.05, 0) is 31.0 Å². The summed E-state index contributed by atoms with van der Waals surface area (Å²) in [5.74, 6) is -0.343. The Kier molecular flexibility index (Phi) is 6.18. The van der Waals surface area contributed by atoms with Crippen LogP contribution in [0.2, 0.25) is 5.02 Å². The van der Waals surface area contributed by atoms with Crippen molar-refractivity contribution in [1.82, 2.24) is 0 Å². The van der Waals surface area contributed by atoms with E-state index in [2.05, 4.69) is 10.6 Å². The van der Waals surface area contributed by atoms with E-state index in [-0.39, 0.29) is 18.4 Å². The second-order valence-electron chi connectivity index (χ2n) is 5.02. The van der Waals surface area contributed by atoms with Crippen molar-refractivity contribution in [2.24, 2.45) is 11.1 Å². The van der Waals surface area contributed by atoms with Crippen molar-refractivity contribution >= 4 is 34.8 Å². The topological polar surface area (TPSA) is 84.2 Å². The molecule has 0 saturated heterocycles. The second-order valence-corrected chi connectivity index (χ2v) is 5.43. The lowest BCUT2D eigenvalue weighted by atomic mass is 9.81. The maximum atomic E-state index is 12.4. The van der Waals surface area contributed by atoms with Crippen LogP contribution in [0.1, 0.15) is 33.6 Å². The van der Waals surface area contributed by atoms with Crippen molar-refractivity contribution in [2.45, 2.75) is 33.6 Å². The molecule has 2 amide bonds. The van der Waals surface area contributed by atoms with Gasteiger partial charge in [0.05, 0.1) is 16.1 Å². The van der Waals surface area contributed by atoms with Crippen LogP contribution < -0.4 is 16.4 Å². The van der Waals surface area contributed by atoms with Crippen LogP contribution in [-0.4, -0.2) is 18.4 Å². The van der Waals surface area contributed by atoms with E-state index in [9.17, 15) is 9.59 Å². The number of nitrogens with two attached hydrogens (primary N) is 1. The normalized spacial score (nSPS) is 11.1. The maximum Gasteiger partial charge on any atom is 0.231 e. The molecule has 0 bridgehead atoms. The minimum absolute atomic E-state index is 0.119. The molecule has 0 radical (unpaired) electrons. The zero-order valence-corrected chi connectivity index (χ0v) is 13.4. The number of benzene rings is 1. The molecule has 21 heavy (non-hydrogen) atoms. The number of hydrogen-bond donors (Lipinski definition) is 3. The Balaban J connectivity index is 2.97. The first-order valence-electron chi connectivity index (χ1n) is 6.97. The Bertz CT molecular complexity index is 519. The predicted octanol–water partition coefficient (Wildman–Crippen LogP) is 3.00. The molecule has 0 saturated carbocycles. The van der Waals surface area contributed by atoms with Crippen LogP contribution in [0.4, 0.5) is 11.4 Å². The first kappa shape index (κ1) is 17.5. The molecule has 4 N–H and O–H groups in total. The zero-order chi connectivity index (χ0) is 16.0. The van der Waals surface area contributed by atoms with Gasteiger partial charge in [0, 0.05) is 19.2 Å². The van der Waals surface area contributed by atoms with Gasteiger partial charge in [-0.2, -0.15) is 0 Å². The number of hydrogen-bond acceptors (Lipinski definition) is 3. The fourth-order valence-corrected chi connectivity index (χ4v) is 2.27. The third-order valence-corrected chi connectivity index (χ3v) is 4.09. The molecule has 0 unspecified atom stereocenters. The van der Waals surface area contributed by atoms with Crippen LogP contribution in [0.15, 0.2) is 18.2 Å². The highest BCUT2D eigenvalue weighted by atomic mass is 35.5. The maximum absolute atomic E-state index is 12.4. The van der Waals surface area contributed by atoms with Gasteiger partial charge in [-0.3, -0.25) is 9.59 Å². The van der Waals surface area contributed by atoms with Crippen molar-refractivity contribution < 1.29 is 9.59 Å². The highest BCUT2D eigenvalue weighted by Crippen LogP contribution is 2.29. The first-order valence-corrected chi connectivity index (χ1v) is 7.35. The molecule has 0 aromatic heterocycles. The van der Waals surface area contributed by atoms with Crippen molar-refractivity contribution in [1.29, 1.82) is 0 Å². The number of nitrogens with one attached hydrogen (secondary N) is 2. The molecular weight excluding hydrogens is 290 g/mol. The SMILES string of the molecule is CCC(CC)(CN)C(=O)Nc1ccc(Cl)c(NC(C)=O)c1. The molecule has 0 heterocycles. The predicted molar refractivity (Wildman–Crippen MR) is 86.5 cm³/mol. The van der Waals surface area contributed by atoms with E-state index in [1.165, 1.54) is 6.92 Å². The lowest BCUT2D eigenvalue weighted by molar-refractivity contribution is -0.125. The van der Waals surface area contributed by atoms with E-state index >= 15 is 0 Å². The summed E-state index contributed by atoms with van der Waals surface area (Å²) in [6.07, 6.45) is 1.33. The number of carbonyl (C=O) groups excluding carboxylic acids is 2. The van der Waals surface area contributed by atoms with Gasteiger partial charge in [-0.15, -0.1) is 0 Å². The summed E-state index contributed by atoms with van der Waals surface area (Å²) in [6.45, 7) is 5.58. The summed E-state index contributed by atoms with van der Waals surface area (Å²) in [5, 5.41) is 5.88. The standard InChI is InChI=1S/C15H22ClN3O2/c1-4-15(5-2,9-17)14(21)19-11-6-7-12(16)13(8-11)18-10(3)20/h6-8H,4-5,9,17H2,1-3H3,(H,18,20)(H,19,21). The largest absolute Gasteiger partial charge is 0.329 e. The van der Waals surface area contributed by atoms with Gasteiger partial charge in [-0.1, -0.05) is 25.4 Å². The fourth-order valence-electron chi connectivity index (χ4n) is 2.10. The molecule has 6 heteroatoms. The highest BCUT2D eigenvalue weighted by Gasteiger charge is 2.33. The molecule has 0 aliphatic heterocycles. The molecule has 1 aromatic carbocycles. The van der Waals surface area contributed by atoms with Crippen LogP contribution in [0, 0.1) is 5.41 Å². The quantitative estimate of drug-likeness (QED) is 0.755. The monoisotopic (exact) mass is 311 g/mol. The van der Waals surface area contributed by atoms with Crippen molar-refractivity contribution in [3.63, 3.8) is 0 Å². The number of amides is 2. The summed E-state index contributed by atoms with van der Waals surface area (Å²) >= 11 is 6.00. The van der Waals surface area contributed by atoms with Crippen molar-refractivity contribution in [3.8, 4) is 0 Å². The third kappa shape index (κ3) is 4.19. The van der Waals surface area contributed by atoms with E-state index < -0.39 is 5.41 Å². The second kappa shape index (κ2) is 7.43. The van der Waals surface area contributed by atoms with Gasteiger partial charge < -0.3 is 16.4 Å². The molecule has 0 aliphatic carbocycles. The molecule has 1 rings (SSSR count). The molecule has 5 nitrogen and oxygen atoms in total. The smallest absolute Gasteiger partial charge is 0.231 e.